The van der Waals surface area contributed by atoms with E-state index in [2.05, 4.69) is 0 Å². The van der Waals surface area contributed by atoms with Crippen molar-refractivity contribution in [2.45, 2.75) is 25.3 Å². The van der Waals surface area contributed by atoms with Gasteiger partial charge in [-0.2, -0.15) is 8.78 Å². The maximum Gasteiger partial charge on any atom is 0.306 e. The number of nitrogens with two attached hydrogens (primary N) is 1. The number of hydrogen-bond acceptors (Lipinski definition) is 2. The topological polar surface area (TPSA) is 35.2 Å². The first-order chi connectivity index (χ1) is 9.97. The summed E-state index contributed by atoms with van der Waals surface area (Å²) in [7, 11) is 0. The molecular formula is C17H19F2NO. The molecule has 0 spiro atoms. The molecule has 0 bridgehead atoms. The van der Waals surface area contributed by atoms with Crippen molar-refractivity contribution in [2.24, 2.45) is 5.73 Å². The molecule has 1 unspecified atom stereocenters. The zero-order valence-electron chi connectivity index (χ0n) is 11.9. The molecule has 2 rings (SSSR count). The highest BCUT2D eigenvalue weighted by atomic mass is 19.3. The van der Waals surface area contributed by atoms with Gasteiger partial charge in [-0.15, -0.1) is 0 Å². The van der Waals surface area contributed by atoms with Gasteiger partial charge in [-0.05, 0) is 31.0 Å². The first kappa shape index (κ1) is 15.4. The van der Waals surface area contributed by atoms with E-state index in [9.17, 15) is 8.78 Å². The minimum Gasteiger partial charge on any atom is -0.487 e. The third kappa shape index (κ3) is 4.53. The van der Waals surface area contributed by atoms with E-state index in [1.807, 2.05) is 13.0 Å². The molecule has 2 aromatic rings. The normalized spacial score (nSPS) is 13.0. The Balaban J connectivity index is 2.02. The smallest absolute Gasteiger partial charge is 0.306 e. The van der Waals surface area contributed by atoms with Crippen LogP contribution in [0.25, 0.3) is 0 Å². The summed E-state index contributed by atoms with van der Waals surface area (Å²) in [6.45, 7) is 1.22. The third-order valence-corrected chi connectivity index (χ3v) is 3.07. The van der Waals surface area contributed by atoms with E-state index >= 15 is 0 Å². The Morgan fingerprint density at radius 2 is 1.81 bits per heavy atom. The summed E-state index contributed by atoms with van der Waals surface area (Å²) in [5, 5.41) is 0. The van der Waals surface area contributed by atoms with Gasteiger partial charge in [0.2, 0.25) is 0 Å². The number of benzene rings is 2. The molecule has 0 aliphatic rings. The fraction of sp³-hybridized carbons (Fsp3) is 0.294. The zero-order valence-corrected chi connectivity index (χ0v) is 11.9. The minimum absolute atomic E-state index is 0.0195. The highest BCUT2D eigenvalue weighted by Gasteiger charge is 2.32. The molecule has 2 aromatic carbocycles. The summed E-state index contributed by atoms with van der Waals surface area (Å²) >= 11 is 0. The lowest BCUT2D eigenvalue weighted by Gasteiger charge is -2.18. The largest absolute Gasteiger partial charge is 0.487 e. The van der Waals surface area contributed by atoms with Gasteiger partial charge in [-0.25, -0.2) is 0 Å². The second-order valence-corrected chi connectivity index (χ2v) is 5.19. The van der Waals surface area contributed by atoms with Gasteiger partial charge in [0, 0.05) is 11.6 Å². The first-order valence-corrected chi connectivity index (χ1v) is 6.88. The Morgan fingerprint density at radius 1 is 1.10 bits per heavy atom. The molecule has 0 heterocycles. The van der Waals surface area contributed by atoms with Gasteiger partial charge in [-0.3, -0.25) is 0 Å². The second kappa shape index (κ2) is 6.68. The molecule has 0 aliphatic heterocycles. The lowest BCUT2D eigenvalue weighted by atomic mass is 10.1. The second-order valence-electron chi connectivity index (χ2n) is 5.19. The van der Waals surface area contributed by atoms with Crippen molar-refractivity contribution in [3.05, 3.63) is 65.7 Å². The van der Waals surface area contributed by atoms with Crippen molar-refractivity contribution in [3.63, 3.8) is 0 Å². The van der Waals surface area contributed by atoms with Crippen LogP contribution in [-0.2, 0) is 12.3 Å². The highest BCUT2D eigenvalue weighted by Crippen LogP contribution is 2.28. The lowest BCUT2D eigenvalue weighted by Crippen LogP contribution is -2.23. The molecule has 0 saturated heterocycles. The van der Waals surface area contributed by atoms with Crippen molar-refractivity contribution < 1.29 is 13.5 Å². The number of halogens is 2. The van der Waals surface area contributed by atoms with Crippen LogP contribution in [-0.4, -0.2) is 12.6 Å². The van der Waals surface area contributed by atoms with E-state index in [0.29, 0.717) is 12.2 Å². The van der Waals surface area contributed by atoms with E-state index in [0.717, 1.165) is 5.56 Å². The molecule has 2 nitrogen and oxygen atoms in total. The van der Waals surface area contributed by atoms with E-state index in [-0.39, 0.29) is 11.6 Å². The van der Waals surface area contributed by atoms with E-state index in [1.165, 1.54) is 12.1 Å². The molecule has 0 fully saturated rings. The van der Waals surface area contributed by atoms with Crippen molar-refractivity contribution >= 4 is 0 Å². The number of rotatable bonds is 6. The summed E-state index contributed by atoms with van der Waals surface area (Å²) < 4.78 is 33.3. The van der Waals surface area contributed by atoms with Crippen LogP contribution in [0.4, 0.5) is 8.78 Å². The number of alkyl halides is 2. The molecule has 1 atom stereocenters. The third-order valence-electron chi connectivity index (χ3n) is 3.07. The molecule has 4 heteroatoms. The van der Waals surface area contributed by atoms with Crippen LogP contribution in [0, 0.1) is 0 Å². The van der Waals surface area contributed by atoms with Crippen LogP contribution in [0.5, 0.6) is 5.75 Å². The predicted molar refractivity (Wildman–Crippen MR) is 79.6 cm³/mol. The van der Waals surface area contributed by atoms with Crippen LogP contribution in [0.1, 0.15) is 18.1 Å². The monoisotopic (exact) mass is 291 g/mol. The number of hydrogen-bond donors (Lipinski definition) is 1. The Bertz CT molecular complexity index is 570. The average Bonchev–Trinajstić information content (AvgIpc) is 2.46. The van der Waals surface area contributed by atoms with E-state index in [1.54, 1.807) is 36.4 Å². The molecule has 112 valence electrons. The van der Waals surface area contributed by atoms with Crippen LogP contribution in [0.2, 0.25) is 0 Å². The standard InChI is InChI=1S/C17H19F2NO/c1-13(20)10-14-6-5-9-16(11-14)21-12-17(18,19)15-7-3-2-4-8-15/h2-9,11,13H,10,12,20H2,1H3. The maximum atomic E-state index is 14.0. The van der Waals surface area contributed by atoms with Crippen LogP contribution >= 0.6 is 0 Å². The van der Waals surface area contributed by atoms with E-state index < -0.39 is 12.5 Å². The van der Waals surface area contributed by atoms with Gasteiger partial charge in [0.1, 0.15) is 5.75 Å². The number of ether oxygens (including phenoxy) is 1. The fourth-order valence-electron chi connectivity index (χ4n) is 2.07. The van der Waals surface area contributed by atoms with E-state index in [4.69, 9.17) is 10.5 Å². The quantitative estimate of drug-likeness (QED) is 0.879. The lowest BCUT2D eigenvalue weighted by molar-refractivity contribution is -0.0467. The Kier molecular flexibility index (Phi) is 4.91. The van der Waals surface area contributed by atoms with Crippen molar-refractivity contribution in [2.75, 3.05) is 6.61 Å². The zero-order chi connectivity index (χ0) is 15.3. The van der Waals surface area contributed by atoms with Crippen molar-refractivity contribution in [3.8, 4) is 5.75 Å². The highest BCUT2D eigenvalue weighted by molar-refractivity contribution is 5.29. The molecular weight excluding hydrogens is 272 g/mol. The van der Waals surface area contributed by atoms with Crippen molar-refractivity contribution in [1.29, 1.82) is 0 Å². The Morgan fingerprint density at radius 3 is 2.48 bits per heavy atom. The van der Waals surface area contributed by atoms with Gasteiger partial charge in [0.15, 0.2) is 6.61 Å². The molecule has 0 aromatic heterocycles. The van der Waals surface area contributed by atoms with Gasteiger partial charge in [-0.1, -0.05) is 42.5 Å². The minimum atomic E-state index is -3.02. The van der Waals surface area contributed by atoms with Crippen LogP contribution < -0.4 is 10.5 Å². The summed E-state index contributed by atoms with van der Waals surface area (Å²) in [5.41, 5.74) is 6.67. The molecule has 0 amide bonds. The maximum absolute atomic E-state index is 14.0. The summed E-state index contributed by atoms with van der Waals surface area (Å²) in [6.07, 6.45) is 0.687. The molecule has 2 N–H and O–H groups in total. The Labute approximate surface area is 123 Å². The van der Waals surface area contributed by atoms with Crippen LogP contribution in [0.3, 0.4) is 0 Å². The Hall–Kier alpha value is -1.94. The molecule has 0 radical (unpaired) electrons. The van der Waals surface area contributed by atoms with Crippen LogP contribution in [0.15, 0.2) is 54.6 Å². The predicted octanol–water partition coefficient (Wildman–Crippen LogP) is 3.75. The fourth-order valence-corrected chi connectivity index (χ4v) is 2.07. The average molecular weight is 291 g/mol. The summed E-state index contributed by atoms with van der Waals surface area (Å²) in [5.74, 6) is -2.58. The van der Waals surface area contributed by atoms with Gasteiger partial charge in [0.05, 0.1) is 0 Å². The van der Waals surface area contributed by atoms with Crippen molar-refractivity contribution in [1.82, 2.24) is 0 Å². The molecule has 0 aliphatic carbocycles. The van der Waals surface area contributed by atoms with Gasteiger partial charge < -0.3 is 10.5 Å². The first-order valence-electron chi connectivity index (χ1n) is 6.88. The van der Waals surface area contributed by atoms with Gasteiger partial charge >= 0.3 is 5.92 Å². The summed E-state index contributed by atoms with van der Waals surface area (Å²) in [4.78, 5) is 0. The molecule has 21 heavy (non-hydrogen) atoms. The molecule has 0 saturated carbocycles. The van der Waals surface area contributed by atoms with Gasteiger partial charge in [0.25, 0.3) is 0 Å². The SMILES string of the molecule is CC(N)Cc1cccc(OCC(F)(F)c2ccccc2)c1. The summed E-state index contributed by atoms with van der Waals surface area (Å²) in [6, 6.07) is 14.8.